The van der Waals surface area contributed by atoms with E-state index in [0.717, 1.165) is 38.8 Å². The molecule has 0 unspecified atom stereocenters. The summed E-state index contributed by atoms with van der Waals surface area (Å²) in [6, 6.07) is 0.253. The SMILES string of the molecule is CCN1C[C@]2(C)CC[C@H](O)[C@@]34[C@@H]5C[C@H]6[C@H](O)[C@@H]5[C@](O)(C[C@@H]6OC)[C@@H](C[C@@H]23)[C@@H]14. The molecule has 5 aliphatic carbocycles. The van der Waals surface area contributed by atoms with Gasteiger partial charge in [0.05, 0.1) is 23.9 Å². The second-order valence-corrected chi connectivity index (χ2v) is 11.1. The lowest BCUT2D eigenvalue weighted by Crippen LogP contribution is -2.75. The monoisotopic (exact) mass is 377 g/mol. The standard InChI is InChI=1S/C22H35NO4/c1-4-23-10-20(2)6-5-16(24)22-12-7-11-14(27-3)9-21(26,17(12)18(11)25)13(19(22)23)8-15(20)22/h11-19,24-26H,4-10H2,1-3H3/t11-,12-,13+,14+,15+,16+,17-,18+,19-,20+,21+,22-/m1/s1. The van der Waals surface area contributed by atoms with Crippen molar-refractivity contribution in [1.82, 2.24) is 4.90 Å². The van der Waals surface area contributed by atoms with Gasteiger partial charge in [0.1, 0.15) is 0 Å². The van der Waals surface area contributed by atoms with Crippen LogP contribution in [0.2, 0.25) is 0 Å². The molecular formula is C22H35NO4. The molecule has 3 N–H and O–H groups in total. The highest BCUT2D eigenvalue weighted by molar-refractivity contribution is 5.32. The Bertz CT molecular complexity index is 673. The lowest BCUT2D eigenvalue weighted by atomic mass is 9.43. The minimum atomic E-state index is -0.858. The van der Waals surface area contributed by atoms with Crippen LogP contribution in [-0.4, -0.2) is 70.4 Å². The molecule has 0 aromatic rings. The van der Waals surface area contributed by atoms with E-state index < -0.39 is 11.7 Å². The molecule has 0 amide bonds. The van der Waals surface area contributed by atoms with Gasteiger partial charge >= 0.3 is 0 Å². The summed E-state index contributed by atoms with van der Waals surface area (Å²) >= 11 is 0. The molecule has 0 aromatic carbocycles. The fraction of sp³-hybridized carbons (Fsp3) is 1.00. The Morgan fingerprint density at radius 3 is 2.67 bits per heavy atom. The maximum atomic E-state index is 12.1. The van der Waals surface area contributed by atoms with E-state index in [-0.39, 0.29) is 52.8 Å². The minimum Gasteiger partial charge on any atom is -0.392 e. The van der Waals surface area contributed by atoms with Crippen molar-refractivity contribution in [2.75, 3.05) is 20.2 Å². The van der Waals surface area contributed by atoms with E-state index in [0.29, 0.717) is 12.3 Å². The van der Waals surface area contributed by atoms with Crippen molar-refractivity contribution in [2.24, 2.45) is 40.4 Å². The van der Waals surface area contributed by atoms with E-state index >= 15 is 0 Å². The zero-order valence-corrected chi connectivity index (χ0v) is 16.8. The fourth-order valence-corrected chi connectivity index (χ4v) is 10.1. The number of rotatable bonds is 2. The Morgan fingerprint density at radius 2 is 1.96 bits per heavy atom. The number of likely N-dealkylation sites (tertiary alicyclic amines) is 1. The molecule has 5 saturated carbocycles. The Kier molecular flexibility index (Phi) is 3.33. The van der Waals surface area contributed by atoms with Crippen molar-refractivity contribution in [3.05, 3.63) is 0 Å². The van der Waals surface area contributed by atoms with E-state index in [9.17, 15) is 15.3 Å². The maximum absolute atomic E-state index is 12.1. The molecule has 1 saturated heterocycles. The van der Waals surface area contributed by atoms with Gasteiger partial charge < -0.3 is 20.1 Å². The summed E-state index contributed by atoms with van der Waals surface area (Å²) in [6.07, 6.45) is 3.66. The first kappa shape index (κ1) is 17.6. The smallest absolute Gasteiger partial charge is 0.0771 e. The molecule has 6 rings (SSSR count). The summed E-state index contributed by atoms with van der Waals surface area (Å²) in [5.41, 5.74) is -0.788. The zero-order chi connectivity index (χ0) is 18.9. The van der Waals surface area contributed by atoms with E-state index in [1.54, 1.807) is 7.11 Å². The summed E-state index contributed by atoms with van der Waals surface area (Å²) < 4.78 is 5.79. The van der Waals surface area contributed by atoms with E-state index in [4.69, 9.17) is 4.74 Å². The Hall–Kier alpha value is -0.200. The molecule has 5 nitrogen and oxygen atoms in total. The van der Waals surface area contributed by atoms with Crippen LogP contribution in [0.15, 0.2) is 0 Å². The van der Waals surface area contributed by atoms with Crippen LogP contribution in [0.4, 0.5) is 0 Å². The normalized spacial score (nSPS) is 66.2. The van der Waals surface area contributed by atoms with Crippen molar-refractivity contribution in [3.8, 4) is 0 Å². The van der Waals surface area contributed by atoms with Crippen LogP contribution in [0, 0.1) is 40.4 Å². The second-order valence-electron chi connectivity index (χ2n) is 11.1. The Balaban J connectivity index is 1.59. The van der Waals surface area contributed by atoms with Crippen molar-refractivity contribution in [1.29, 1.82) is 0 Å². The predicted octanol–water partition coefficient (Wildman–Crippen LogP) is 1.25. The molecular weight excluding hydrogens is 342 g/mol. The van der Waals surface area contributed by atoms with E-state index in [1.165, 1.54) is 0 Å². The van der Waals surface area contributed by atoms with Gasteiger partial charge in [-0.15, -0.1) is 0 Å². The molecule has 1 aliphatic heterocycles. The molecule has 1 heterocycles. The molecule has 7 bridgehead atoms. The molecule has 12 atom stereocenters. The van der Waals surface area contributed by atoms with Crippen LogP contribution < -0.4 is 0 Å². The number of piperidine rings is 1. The molecule has 0 radical (unpaired) electrons. The topological polar surface area (TPSA) is 73.2 Å². The van der Waals surface area contributed by atoms with Gasteiger partial charge in [0, 0.05) is 49.3 Å². The highest BCUT2D eigenvalue weighted by Gasteiger charge is 2.82. The molecule has 6 aliphatic rings. The van der Waals surface area contributed by atoms with Crippen LogP contribution in [0.3, 0.4) is 0 Å². The minimum absolute atomic E-state index is 0.0657. The highest BCUT2D eigenvalue weighted by atomic mass is 16.5. The van der Waals surface area contributed by atoms with Gasteiger partial charge in [-0.3, -0.25) is 4.90 Å². The quantitative estimate of drug-likeness (QED) is 0.676. The van der Waals surface area contributed by atoms with E-state index in [2.05, 4.69) is 18.7 Å². The van der Waals surface area contributed by atoms with E-state index in [1.807, 2.05) is 0 Å². The van der Waals surface area contributed by atoms with Gasteiger partial charge in [-0.2, -0.15) is 0 Å². The molecule has 152 valence electrons. The van der Waals surface area contributed by atoms with Gasteiger partial charge in [0.25, 0.3) is 0 Å². The number of methoxy groups -OCH3 is 1. The highest BCUT2D eigenvalue weighted by Crippen LogP contribution is 2.78. The van der Waals surface area contributed by atoms with Crippen molar-refractivity contribution in [2.45, 2.75) is 75.9 Å². The lowest BCUT2D eigenvalue weighted by Gasteiger charge is -2.68. The third-order valence-electron chi connectivity index (χ3n) is 10.7. The molecule has 27 heavy (non-hydrogen) atoms. The van der Waals surface area contributed by atoms with Gasteiger partial charge in [0.15, 0.2) is 0 Å². The first-order chi connectivity index (χ1) is 12.8. The summed E-state index contributed by atoms with van der Waals surface area (Å²) in [5, 5.41) is 34.9. The van der Waals surface area contributed by atoms with Crippen molar-refractivity contribution >= 4 is 0 Å². The number of aliphatic hydroxyl groups excluding tert-OH is 2. The van der Waals surface area contributed by atoms with Crippen molar-refractivity contribution in [3.63, 3.8) is 0 Å². The van der Waals surface area contributed by atoms with Crippen LogP contribution in [-0.2, 0) is 4.74 Å². The molecule has 0 aromatic heterocycles. The fourth-order valence-electron chi connectivity index (χ4n) is 10.1. The molecule has 6 fully saturated rings. The first-order valence-corrected chi connectivity index (χ1v) is 11.2. The lowest BCUT2D eigenvalue weighted by molar-refractivity contribution is -0.266. The number of fused-ring (bicyclic) bond motifs is 2. The van der Waals surface area contributed by atoms with Crippen molar-refractivity contribution < 1.29 is 20.1 Å². The van der Waals surface area contributed by atoms with Gasteiger partial charge in [-0.05, 0) is 49.5 Å². The number of aliphatic hydroxyl groups is 3. The van der Waals surface area contributed by atoms with Gasteiger partial charge in [-0.1, -0.05) is 13.8 Å². The third-order valence-corrected chi connectivity index (χ3v) is 10.7. The molecule has 5 heteroatoms. The van der Waals surface area contributed by atoms with Gasteiger partial charge in [-0.25, -0.2) is 0 Å². The molecule has 1 spiro atoms. The number of hydrogen-bond donors (Lipinski definition) is 3. The van der Waals surface area contributed by atoms with Crippen LogP contribution in [0.1, 0.15) is 46.0 Å². The second kappa shape index (κ2) is 5.10. The Labute approximate surface area is 162 Å². The summed E-state index contributed by atoms with van der Waals surface area (Å²) in [6.45, 7) is 6.74. The number of hydrogen-bond acceptors (Lipinski definition) is 5. The number of nitrogens with zero attached hydrogens (tertiary/aromatic N) is 1. The Morgan fingerprint density at radius 1 is 1.19 bits per heavy atom. The average Bonchev–Trinajstić information content (AvgIpc) is 3.07. The predicted molar refractivity (Wildman–Crippen MR) is 99.9 cm³/mol. The summed E-state index contributed by atoms with van der Waals surface area (Å²) in [5.74, 6) is 0.840. The largest absolute Gasteiger partial charge is 0.392 e. The van der Waals surface area contributed by atoms with Crippen LogP contribution in [0.25, 0.3) is 0 Å². The summed E-state index contributed by atoms with van der Waals surface area (Å²) in [7, 11) is 1.73. The number of ether oxygens (including phenoxy) is 1. The first-order valence-electron chi connectivity index (χ1n) is 11.2. The van der Waals surface area contributed by atoms with Crippen LogP contribution in [0.5, 0.6) is 0 Å². The van der Waals surface area contributed by atoms with Gasteiger partial charge in [0.2, 0.25) is 0 Å². The van der Waals surface area contributed by atoms with Crippen LogP contribution >= 0.6 is 0 Å². The zero-order valence-electron chi connectivity index (χ0n) is 16.8. The third kappa shape index (κ3) is 1.66. The average molecular weight is 378 g/mol. The maximum Gasteiger partial charge on any atom is 0.0771 e. The summed E-state index contributed by atoms with van der Waals surface area (Å²) in [4.78, 5) is 2.60.